The van der Waals surface area contributed by atoms with E-state index in [2.05, 4.69) is 15.9 Å². The van der Waals surface area contributed by atoms with Crippen molar-refractivity contribution in [2.75, 3.05) is 18.9 Å². The molecule has 1 heterocycles. The van der Waals surface area contributed by atoms with E-state index in [0.717, 1.165) is 17.7 Å². The molecule has 2 N–H and O–H groups in total. The van der Waals surface area contributed by atoms with Crippen LogP contribution in [-0.4, -0.2) is 13.2 Å². The number of ether oxygens (including phenoxy) is 2. The Kier molecular flexibility index (Phi) is 4.01. The molecule has 1 atom stereocenters. The molecular formula is C16H15BrFNO2. The molecule has 1 unspecified atom stereocenters. The fraction of sp³-hybridized carbons (Fsp3) is 0.250. The van der Waals surface area contributed by atoms with Crippen molar-refractivity contribution in [2.45, 2.75) is 12.3 Å². The lowest BCUT2D eigenvalue weighted by atomic mass is 9.94. The molecular weight excluding hydrogens is 337 g/mol. The third-order valence-corrected chi connectivity index (χ3v) is 4.18. The van der Waals surface area contributed by atoms with Crippen molar-refractivity contribution in [3.8, 4) is 11.5 Å². The Balaban J connectivity index is 1.76. The van der Waals surface area contributed by atoms with Gasteiger partial charge in [-0.3, -0.25) is 0 Å². The Morgan fingerprint density at radius 1 is 1.33 bits per heavy atom. The van der Waals surface area contributed by atoms with Crippen LogP contribution >= 0.6 is 15.9 Å². The van der Waals surface area contributed by atoms with Crippen molar-refractivity contribution in [1.82, 2.24) is 0 Å². The van der Waals surface area contributed by atoms with Crippen LogP contribution in [-0.2, 0) is 0 Å². The van der Waals surface area contributed by atoms with Gasteiger partial charge in [-0.2, -0.15) is 0 Å². The Bertz CT molecular complexity index is 663. The highest BCUT2D eigenvalue weighted by Crippen LogP contribution is 2.35. The number of hydrogen-bond donors (Lipinski definition) is 1. The third kappa shape index (κ3) is 2.97. The fourth-order valence-electron chi connectivity index (χ4n) is 2.45. The monoisotopic (exact) mass is 351 g/mol. The molecule has 2 aromatic carbocycles. The summed E-state index contributed by atoms with van der Waals surface area (Å²) in [5.74, 6) is 1.11. The number of para-hydroxylation sites is 1. The van der Waals surface area contributed by atoms with Crippen LogP contribution in [0, 0.1) is 5.82 Å². The first kappa shape index (κ1) is 14.2. The molecule has 0 radical (unpaired) electrons. The van der Waals surface area contributed by atoms with Gasteiger partial charge in [0.1, 0.15) is 17.3 Å². The lowest BCUT2D eigenvalue weighted by Crippen LogP contribution is -2.19. The van der Waals surface area contributed by atoms with Gasteiger partial charge in [-0.25, -0.2) is 4.39 Å². The van der Waals surface area contributed by atoms with Gasteiger partial charge in [-0.05, 0) is 34.5 Å². The Labute approximate surface area is 131 Å². The van der Waals surface area contributed by atoms with Crippen LogP contribution < -0.4 is 15.2 Å². The number of hydrogen-bond acceptors (Lipinski definition) is 3. The molecule has 0 bridgehead atoms. The van der Waals surface area contributed by atoms with Crippen LogP contribution in [0.5, 0.6) is 11.5 Å². The summed E-state index contributed by atoms with van der Waals surface area (Å²) in [6.45, 7) is 1.11. The first-order chi connectivity index (χ1) is 10.1. The number of anilines is 1. The molecule has 2 aromatic rings. The SMILES string of the molecule is Nc1cc(Br)c(F)cc1OCC1CCOc2ccccc21. The molecule has 0 amide bonds. The Morgan fingerprint density at radius 3 is 3.00 bits per heavy atom. The highest BCUT2D eigenvalue weighted by atomic mass is 79.9. The lowest BCUT2D eigenvalue weighted by Gasteiger charge is -2.26. The van der Waals surface area contributed by atoms with E-state index in [1.807, 2.05) is 24.3 Å². The summed E-state index contributed by atoms with van der Waals surface area (Å²) in [7, 11) is 0. The van der Waals surface area contributed by atoms with Crippen LogP contribution in [0.15, 0.2) is 40.9 Å². The van der Waals surface area contributed by atoms with Crippen molar-refractivity contribution in [2.24, 2.45) is 0 Å². The van der Waals surface area contributed by atoms with Gasteiger partial charge in [0.15, 0.2) is 0 Å². The van der Waals surface area contributed by atoms with Gasteiger partial charge in [-0.1, -0.05) is 18.2 Å². The molecule has 0 aromatic heterocycles. The van der Waals surface area contributed by atoms with Gasteiger partial charge in [0.05, 0.1) is 23.4 Å². The van der Waals surface area contributed by atoms with Gasteiger partial charge in [0.25, 0.3) is 0 Å². The van der Waals surface area contributed by atoms with Crippen LogP contribution in [0.3, 0.4) is 0 Å². The van der Waals surface area contributed by atoms with Crippen molar-refractivity contribution in [3.05, 3.63) is 52.3 Å². The second-order valence-electron chi connectivity index (χ2n) is 4.99. The van der Waals surface area contributed by atoms with Crippen molar-refractivity contribution >= 4 is 21.6 Å². The molecule has 3 nitrogen and oxygen atoms in total. The molecule has 110 valence electrons. The molecule has 21 heavy (non-hydrogen) atoms. The van der Waals surface area contributed by atoms with Gasteiger partial charge >= 0.3 is 0 Å². The smallest absolute Gasteiger partial charge is 0.145 e. The number of nitrogen functional groups attached to an aromatic ring is 1. The number of nitrogens with two attached hydrogens (primary N) is 1. The highest BCUT2D eigenvalue weighted by molar-refractivity contribution is 9.10. The molecule has 1 aliphatic heterocycles. The van der Waals surface area contributed by atoms with Crippen LogP contribution in [0.4, 0.5) is 10.1 Å². The minimum absolute atomic E-state index is 0.223. The predicted octanol–water partition coefficient (Wildman–Crippen LogP) is 4.12. The maximum absolute atomic E-state index is 13.6. The Morgan fingerprint density at radius 2 is 2.14 bits per heavy atom. The minimum atomic E-state index is -0.383. The number of fused-ring (bicyclic) bond motifs is 1. The summed E-state index contributed by atoms with van der Waals surface area (Å²) in [6, 6.07) is 10.7. The van der Waals surface area contributed by atoms with Gasteiger partial charge in [0.2, 0.25) is 0 Å². The molecule has 0 saturated carbocycles. The molecule has 0 fully saturated rings. The standard InChI is InChI=1S/C16H15BrFNO2/c17-12-7-14(19)16(8-13(12)18)21-9-10-5-6-20-15-4-2-1-3-11(10)15/h1-4,7-8,10H,5-6,9,19H2. The van der Waals surface area contributed by atoms with E-state index < -0.39 is 0 Å². The zero-order valence-corrected chi connectivity index (χ0v) is 12.9. The second kappa shape index (κ2) is 5.93. The summed E-state index contributed by atoms with van der Waals surface area (Å²) >= 11 is 3.10. The molecule has 5 heteroatoms. The van der Waals surface area contributed by atoms with Crippen molar-refractivity contribution in [1.29, 1.82) is 0 Å². The van der Waals surface area contributed by atoms with Crippen LogP contribution in [0.25, 0.3) is 0 Å². The van der Waals surface area contributed by atoms with E-state index in [9.17, 15) is 4.39 Å². The predicted molar refractivity (Wildman–Crippen MR) is 83.3 cm³/mol. The molecule has 1 aliphatic rings. The van der Waals surface area contributed by atoms with Gasteiger partial charge in [-0.15, -0.1) is 0 Å². The average molecular weight is 352 g/mol. The summed E-state index contributed by atoms with van der Waals surface area (Å²) in [5.41, 5.74) is 7.40. The topological polar surface area (TPSA) is 44.5 Å². The maximum Gasteiger partial charge on any atom is 0.145 e. The minimum Gasteiger partial charge on any atom is -0.493 e. The summed E-state index contributed by atoms with van der Waals surface area (Å²) < 4.78 is 25.2. The fourth-order valence-corrected chi connectivity index (χ4v) is 2.81. The summed E-state index contributed by atoms with van der Waals surface area (Å²) in [6.07, 6.45) is 0.871. The number of rotatable bonds is 3. The van der Waals surface area contributed by atoms with E-state index in [1.54, 1.807) is 0 Å². The van der Waals surface area contributed by atoms with Crippen molar-refractivity contribution < 1.29 is 13.9 Å². The van der Waals surface area contributed by atoms with Gasteiger partial charge < -0.3 is 15.2 Å². The normalized spacial score (nSPS) is 17.0. The zero-order chi connectivity index (χ0) is 14.8. The first-order valence-electron chi connectivity index (χ1n) is 6.74. The highest BCUT2D eigenvalue weighted by Gasteiger charge is 2.22. The van der Waals surface area contributed by atoms with E-state index in [0.29, 0.717) is 29.1 Å². The van der Waals surface area contributed by atoms with Crippen LogP contribution in [0.1, 0.15) is 17.9 Å². The van der Waals surface area contributed by atoms with E-state index in [1.165, 1.54) is 12.1 Å². The van der Waals surface area contributed by atoms with E-state index >= 15 is 0 Å². The van der Waals surface area contributed by atoms with E-state index in [-0.39, 0.29) is 11.7 Å². The molecule has 0 spiro atoms. The second-order valence-corrected chi connectivity index (χ2v) is 5.84. The molecule has 3 rings (SSSR count). The van der Waals surface area contributed by atoms with Crippen LogP contribution in [0.2, 0.25) is 0 Å². The maximum atomic E-state index is 13.6. The van der Waals surface area contributed by atoms with Gasteiger partial charge in [0, 0.05) is 17.5 Å². The van der Waals surface area contributed by atoms with Crippen molar-refractivity contribution in [3.63, 3.8) is 0 Å². The average Bonchev–Trinajstić information content (AvgIpc) is 2.49. The quantitative estimate of drug-likeness (QED) is 0.846. The zero-order valence-electron chi connectivity index (χ0n) is 11.3. The number of halogens is 2. The molecule has 0 aliphatic carbocycles. The summed E-state index contributed by atoms with van der Waals surface area (Å²) in [4.78, 5) is 0. The Hall–Kier alpha value is -1.75. The summed E-state index contributed by atoms with van der Waals surface area (Å²) in [5, 5.41) is 0. The third-order valence-electron chi connectivity index (χ3n) is 3.58. The van der Waals surface area contributed by atoms with E-state index in [4.69, 9.17) is 15.2 Å². The molecule has 0 saturated heterocycles. The number of benzene rings is 2. The lowest BCUT2D eigenvalue weighted by molar-refractivity contribution is 0.217. The largest absolute Gasteiger partial charge is 0.493 e. The first-order valence-corrected chi connectivity index (χ1v) is 7.53.